The Kier molecular flexibility index (Phi) is 5.26. The SMILES string of the molecule is COc1cc(OC)c2ccn(CCCCOc3ccccc3)c2c1. The molecule has 0 spiro atoms. The summed E-state index contributed by atoms with van der Waals surface area (Å²) in [5, 5.41) is 1.11. The largest absolute Gasteiger partial charge is 0.497 e. The first-order valence-electron chi connectivity index (χ1n) is 8.20. The first-order valence-corrected chi connectivity index (χ1v) is 8.20. The van der Waals surface area contributed by atoms with Crippen molar-refractivity contribution in [1.82, 2.24) is 4.57 Å². The number of para-hydroxylation sites is 1. The van der Waals surface area contributed by atoms with Crippen molar-refractivity contribution in [2.75, 3.05) is 20.8 Å². The Morgan fingerprint density at radius 3 is 2.46 bits per heavy atom. The number of unbranched alkanes of at least 4 members (excludes halogenated alkanes) is 1. The Morgan fingerprint density at radius 1 is 0.875 bits per heavy atom. The predicted molar refractivity (Wildman–Crippen MR) is 96.2 cm³/mol. The fourth-order valence-corrected chi connectivity index (χ4v) is 2.81. The molecule has 0 unspecified atom stereocenters. The Hall–Kier alpha value is -2.62. The van der Waals surface area contributed by atoms with Crippen molar-refractivity contribution in [1.29, 1.82) is 0 Å². The van der Waals surface area contributed by atoms with Crippen LogP contribution >= 0.6 is 0 Å². The zero-order valence-electron chi connectivity index (χ0n) is 14.2. The van der Waals surface area contributed by atoms with E-state index in [9.17, 15) is 0 Å². The Morgan fingerprint density at radius 2 is 1.71 bits per heavy atom. The van der Waals surface area contributed by atoms with E-state index < -0.39 is 0 Å². The summed E-state index contributed by atoms with van der Waals surface area (Å²) in [6.07, 6.45) is 4.16. The Balaban J connectivity index is 1.59. The average molecular weight is 325 g/mol. The summed E-state index contributed by atoms with van der Waals surface area (Å²) in [4.78, 5) is 0. The molecule has 3 aromatic rings. The number of ether oxygens (including phenoxy) is 3. The third-order valence-electron chi connectivity index (χ3n) is 4.09. The number of methoxy groups -OCH3 is 2. The van der Waals surface area contributed by atoms with Gasteiger partial charge in [-0.25, -0.2) is 0 Å². The highest BCUT2D eigenvalue weighted by atomic mass is 16.5. The van der Waals surface area contributed by atoms with Crippen LogP contribution in [0, 0.1) is 0 Å². The second kappa shape index (κ2) is 7.77. The van der Waals surface area contributed by atoms with E-state index >= 15 is 0 Å². The van der Waals surface area contributed by atoms with Crippen molar-refractivity contribution in [3.05, 3.63) is 54.7 Å². The van der Waals surface area contributed by atoms with E-state index in [0.717, 1.165) is 54.1 Å². The minimum absolute atomic E-state index is 0.732. The fourth-order valence-electron chi connectivity index (χ4n) is 2.81. The summed E-state index contributed by atoms with van der Waals surface area (Å²) in [5.74, 6) is 2.58. The van der Waals surface area contributed by atoms with Crippen LogP contribution in [0.25, 0.3) is 10.9 Å². The smallest absolute Gasteiger partial charge is 0.131 e. The molecule has 0 saturated carbocycles. The molecule has 3 rings (SSSR count). The van der Waals surface area contributed by atoms with Crippen molar-refractivity contribution in [3.63, 3.8) is 0 Å². The number of aryl methyl sites for hydroxylation is 1. The molecule has 0 amide bonds. The number of nitrogens with zero attached hydrogens (tertiary/aromatic N) is 1. The first-order chi connectivity index (χ1) is 11.8. The van der Waals surface area contributed by atoms with Gasteiger partial charge in [-0.1, -0.05) is 18.2 Å². The maximum Gasteiger partial charge on any atom is 0.131 e. The molecule has 0 N–H and O–H groups in total. The van der Waals surface area contributed by atoms with E-state index in [0.29, 0.717) is 0 Å². The maximum absolute atomic E-state index is 5.74. The number of hydrogen-bond acceptors (Lipinski definition) is 3. The summed E-state index contributed by atoms with van der Waals surface area (Å²) in [5.41, 5.74) is 1.13. The van der Waals surface area contributed by atoms with Crippen LogP contribution < -0.4 is 14.2 Å². The van der Waals surface area contributed by atoms with Crippen LogP contribution in [0.15, 0.2) is 54.7 Å². The molecule has 1 aromatic heterocycles. The van der Waals surface area contributed by atoms with Crippen LogP contribution in [0.1, 0.15) is 12.8 Å². The highest BCUT2D eigenvalue weighted by Crippen LogP contribution is 2.32. The van der Waals surface area contributed by atoms with Crippen LogP contribution in [0.2, 0.25) is 0 Å². The van der Waals surface area contributed by atoms with Gasteiger partial charge in [0, 0.05) is 30.3 Å². The van der Waals surface area contributed by atoms with Gasteiger partial charge in [0.1, 0.15) is 17.2 Å². The molecule has 126 valence electrons. The van der Waals surface area contributed by atoms with E-state index in [-0.39, 0.29) is 0 Å². The number of aromatic nitrogens is 1. The van der Waals surface area contributed by atoms with Crippen LogP contribution in [0.3, 0.4) is 0 Å². The van der Waals surface area contributed by atoms with Gasteiger partial charge in [0.25, 0.3) is 0 Å². The molecule has 0 fully saturated rings. The van der Waals surface area contributed by atoms with Gasteiger partial charge in [-0.2, -0.15) is 0 Å². The second-order valence-corrected chi connectivity index (χ2v) is 5.64. The Labute approximate surface area is 142 Å². The number of benzene rings is 2. The van der Waals surface area contributed by atoms with E-state index in [4.69, 9.17) is 14.2 Å². The monoisotopic (exact) mass is 325 g/mol. The van der Waals surface area contributed by atoms with Crippen molar-refractivity contribution < 1.29 is 14.2 Å². The van der Waals surface area contributed by atoms with Gasteiger partial charge in [0.2, 0.25) is 0 Å². The van der Waals surface area contributed by atoms with Gasteiger partial charge in [-0.05, 0) is 31.0 Å². The third kappa shape index (κ3) is 3.65. The Bertz CT molecular complexity index is 780. The molecular formula is C20H23NO3. The van der Waals surface area contributed by atoms with E-state index in [1.54, 1.807) is 14.2 Å². The molecule has 0 atom stereocenters. The van der Waals surface area contributed by atoms with Crippen molar-refractivity contribution in [3.8, 4) is 17.2 Å². The molecule has 0 aliphatic rings. The van der Waals surface area contributed by atoms with Gasteiger partial charge in [0.15, 0.2) is 0 Å². The molecule has 2 aromatic carbocycles. The zero-order valence-corrected chi connectivity index (χ0v) is 14.2. The van der Waals surface area contributed by atoms with Crippen molar-refractivity contribution in [2.24, 2.45) is 0 Å². The molecular weight excluding hydrogens is 302 g/mol. The molecule has 24 heavy (non-hydrogen) atoms. The van der Waals surface area contributed by atoms with E-state index in [1.807, 2.05) is 36.4 Å². The van der Waals surface area contributed by atoms with Gasteiger partial charge in [0.05, 0.1) is 26.3 Å². The van der Waals surface area contributed by atoms with E-state index in [2.05, 4.69) is 22.9 Å². The zero-order chi connectivity index (χ0) is 16.8. The number of rotatable bonds is 8. The molecule has 4 nitrogen and oxygen atoms in total. The topological polar surface area (TPSA) is 32.6 Å². The van der Waals surface area contributed by atoms with Gasteiger partial charge in [-0.15, -0.1) is 0 Å². The van der Waals surface area contributed by atoms with Crippen LogP contribution in [-0.2, 0) is 6.54 Å². The number of fused-ring (bicyclic) bond motifs is 1. The lowest BCUT2D eigenvalue weighted by atomic mass is 10.2. The molecule has 0 bridgehead atoms. The summed E-state index contributed by atoms with van der Waals surface area (Å²) in [6.45, 7) is 1.67. The molecule has 0 saturated heterocycles. The van der Waals surface area contributed by atoms with Crippen LogP contribution in [-0.4, -0.2) is 25.4 Å². The molecule has 0 aliphatic carbocycles. The summed E-state index contributed by atoms with van der Waals surface area (Å²) < 4.78 is 18.8. The maximum atomic E-state index is 5.74. The van der Waals surface area contributed by atoms with E-state index in [1.165, 1.54) is 0 Å². The lowest BCUT2D eigenvalue weighted by molar-refractivity contribution is 0.303. The van der Waals surface area contributed by atoms with Crippen molar-refractivity contribution in [2.45, 2.75) is 19.4 Å². The lowest BCUT2D eigenvalue weighted by Crippen LogP contribution is -2.01. The third-order valence-corrected chi connectivity index (χ3v) is 4.09. The van der Waals surface area contributed by atoms with Gasteiger partial charge < -0.3 is 18.8 Å². The fraction of sp³-hybridized carbons (Fsp3) is 0.300. The summed E-state index contributed by atoms with van der Waals surface area (Å²) in [7, 11) is 3.36. The van der Waals surface area contributed by atoms with Gasteiger partial charge in [-0.3, -0.25) is 0 Å². The van der Waals surface area contributed by atoms with Crippen LogP contribution in [0.5, 0.6) is 17.2 Å². The minimum atomic E-state index is 0.732. The molecule has 0 aliphatic heterocycles. The molecule has 1 heterocycles. The highest BCUT2D eigenvalue weighted by Gasteiger charge is 2.09. The standard InChI is InChI=1S/C20H23NO3/c1-22-17-14-19-18(20(15-17)23-2)10-12-21(19)11-6-7-13-24-16-8-4-3-5-9-16/h3-5,8-10,12,14-15H,6-7,11,13H2,1-2H3. The minimum Gasteiger partial charge on any atom is -0.497 e. The normalized spacial score (nSPS) is 10.8. The van der Waals surface area contributed by atoms with Crippen LogP contribution in [0.4, 0.5) is 0 Å². The second-order valence-electron chi connectivity index (χ2n) is 5.64. The predicted octanol–water partition coefficient (Wildman–Crippen LogP) is 4.52. The summed E-state index contributed by atoms with van der Waals surface area (Å²) in [6, 6.07) is 16.0. The molecule has 0 radical (unpaired) electrons. The average Bonchev–Trinajstić information content (AvgIpc) is 3.04. The van der Waals surface area contributed by atoms with Crippen molar-refractivity contribution >= 4 is 10.9 Å². The quantitative estimate of drug-likeness (QED) is 0.571. The number of hydrogen-bond donors (Lipinski definition) is 0. The lowest BCUT2D eigenvalue weighted by Gasteiger charge is -2.10. The summed E-state index contributed by atoms with van der Waals surface area (Å²) >= 11 is 0. The highest BCUT2D eigenvalue weighted by molar-refractivity contribution is 5.88. The molecule has 4 heteroatoms. The first kappa shape index (κ1) is 16.2. The van der Waals surface area contributed by atoms with Gasteiger partial charge >= 0.3 is 0 Å².